The highest BCUT2D eigenvalue weighted by molar-refractivity contribution is 5.97. The first kappa shape index (κ1) is 13.7. The zero-order valence-electron chi connectivity index (χ0n) is 10.6. The highest BCUT2D eigenvalue weighted by atomic mass is 16.1. The molecule has 1 aliphatic rings. The van der Waals surface area contributed by atoms with Crippen LogP contribution in [-0.2, 0) is 19.2 Å². The maximum absolute atomic E-state index is 11.6. The van der Waals surface area contributed by atoms with Crippen molar-refractivity contribution >= 4 is 23.1 Å². The molecule has 0 aromatic rings. The largest absolute Gasteiger partial charge is 0.300 e. The van der Waals surface area contributed by atoms with E-state index in [0.717, 1.165) is 0 Å². The summed E-state index contributed by atoms with van der Waals surface area (Å²) in [6.45, 7) is 5.61. The molecule has 0 radical (unpaired) electrons. The average molecular weight is 238 g/mol. The smallest absolute Gasteiger partial charge is 0.134 e. The molecule has 1 fully saturated rings. The summed E-state index contributed by atoms with van der Waals surface area (Å²) < 4.78 is 0. The van der Waals surface area contributed by atoms with Gasteiger partial charge in [-0.3, -0.25) is 19.2 Å². The van der Waals surface area contributed by atoms with Crippen molar-refractivity contribution in [2.45, 2.75) is 34.1 Å². The molecule has 0 aliphatic heterocycles. The highest BCUT2D eigenvalue weighted by Gasteiger charge is 2.50. The van der Waals surface area contributed by atoms with Gasteiger partial charge in [-0.1, -0.05) is 0 Å². The molecule has 4 nitrogen and oxygen atoms in total. The predicted octanol–water partition coefficient (Wildman–Crippen LogP) is 1.21. The lowest BCUT2D eigenvalue weighted by Crippen LogP contribution is -2.32. The van der Waals surface area contributed by atoms with Crippen LogP contribution in [-0.4, -0.2) is 23.1 Å². The van der Waals surface area contributed by atoms with E-state index in [1.54, 1.807) is 0 Å². The standard InChI is InChI=1S/C13H18O4/c1-6(14)10-5-11(7(2)15)13(9(4)17)12(10)8(3)16/h10-13H,5H2,1-4H3. The Morgan fingerprint density at radius 3 is 1.12 bits per heavy atom. The van der Waals surface area contributed by atoms with E-state index < -0.39 is 23.7 Å². The second-order valence-electron chi connectivity index (χ2n) is 4.94. The molecule has 0 saturated heterocycles. The number of carbonyl (C=O) groups is 4. The molecule has 0 amide bonds. The van der Waals surface area contributed by atoms with Gasteiger partial charge in [0.05, 0.1) is 0 Å². The van der Waals surface area contributed by atoms with Crippen LogP contribution in [0, 0.1) is 23.7 Å². The fourth-order valence-corrected chi connectivity index (χ4v) is 2.98. The minimum absolute atomic E-state index is 0.111. The van der Waals surface area contributed by atoms with Crippen LogP contribution in [0.4, 0.5) is 0 Å². The van der Waals surface area contributed by atoms with Crippen LogP contribution in [0.15, 0.2) is 0 Å². The van der Waals surface area contributed by atoms with E-state index in [2.05, 4.69) is 0 Å². The lowest BCUT2D eigenvalue weighted by Gasteiger charge is -2.20. The monoisotopic (exact) mass is 238 g/mol. The fraction of sp³-hybridized carbons (Fsp3) is 0.692. The zero-order valence-corrected chi connectivity index (χ0v) is 10.6. The highest BCUT2D eigenvalue weighted by Crippen LogP contribution is 2.43. The molecule has 1 saturated carbocycles. The second-order valence-corrected chi connectivity index (χ2v) is 4.94. The van der Waals surface area contributed by atoms with E-state index in [1.165, 1.54) is 27.7 Å². The number of carbonyl (C=O) groups excluding carboxylic acids is 4. The molecule has 0 heterocycles. The Bertz CT molecular complexity index is 347. The summed E-state index contributed by atoms with van der Waals surface area (Å²) >= 11 is 0. The second kappa shape index (κ2) is 4.90. The van der Waals surface area contributed by atoms with Crippen molar-refractivity contribution in [3.05, 3.63) is 0 Å². The molecular weight excluding hydrogens is 220 g/mol. The number of hydrogen-bond donors (Lipinski definition) is 0. The summed E-state index contributed by atoms with van der Waals surface area (Å²) in [7, 11) is 0. The lowest BCUT2D eigenvalue weighted by molar-refractivity contribution is -0.135. The van der Waals surface area contributed by atoms with Gasteiger partial charge in [-0.05, 0) is 34.1 Å². The van der Waals surface area contributed by atoms with Crippen LogP contribution in [0.2, 0.25) is 0 Å². The van der Waals surface area contributed by atoms with Crippen LogP contribution < -0.4 is 0 Å². The Kier molecular flexibility index (Phi) is 3.96. The van der Waals surface area contributed by atoms with Gasteiger partial charge in [-0.15, -0.1) is 0 Å². The maximum atomic E-state index is 11.6. The van der Waals surface area contributed by atoms with Crippen molar-refractivity contribution in [3.8, 4) is 0 Å². The third kappa shape index (κ3) is 2.51. The third-order valence-corrected chi connectivity index (χ3v) is 3.74. The molecule has 17 heavy (non-hydrogen) atoms. The summed E-state index contributed by atoms with van der Waals surface area (Å²) in [6.07, 6.45) is 0.332. The van der Waals surface area contributed by atoms with Crippen LogP contribution in [0.25, 0.3) is 0 Å². The van der Waals surface area contributed by atoms with E-state index in [4.69, 9.17) is 0 Å². The molecule has 0 spiro atoms. The maximum Gasteiger partial charge on any atom is 0.134 e. The number of Topliss-reactive ketones (excluding diaryl/α,β-unsaturated/α-hetero) is 4. The van der Waals surface area contributed by atoms with E-state index in [0.29, 0.717) is 6.42 Å². The van der Waals surface area contributed by atoms with Crippen molar-refractivity contribution in [3.63, 3.8) is 0 Å². The Balaban J connectivity index is 3.17. The van der Waals surface area contributed by atoms with Gasteiger partial charge in [-0.25, -0.2) is 0 Å². The summed E-state index contributed by atoms with van der Waals surface area (Å²) in [5.74, 6) is -2.74. The van der Waals surface area contributed by atoms with Crippen molar-refractivity contribution in [2.24, 2.45) is 23.7 Å². The summed E-state index contributed by atoms with van der Waals surface area (Å²) in [6, 6.07) is 0. The van der Waals surface area contributed by atoms with Crippen LogP contribution >= 0.6 is 0 Å². The van der Waals surface area contributed by atoms with E-state index >= 15 is 0 Å². The molecule has 0 aromatic heterocycles. The van der Waals surface area contributed by atoms with Crippen LogP contribution in [0.5, 0.6) is 0 Å². The van der Waals surface area contributed by atoms with E-state index in [1.807, 2.05) is 0 Å². The third-order valence-electron chi connectivity index (χ3n) is 3.74. The number of ketones is 4. The minimum atomic E-state index is -0.612. The van der Waals surface area contributed by atoms with Gasteiger partial charge in [0.1, 0.15) is 23.1 Å². The Morgan fingerprint density at radius 2 is 0.941 bits per heavy atom. The summed E-state index contributed by atoms with van der Waals surface area (Å²) in [5.41, 5.74) is 0. The molecular formula is C13H18O4. The van der Waals surface area contributed by atoms with E-state index in [-0.39, 0.29) is 23.1 Å². The van der Waals surface area contributed by atoms with Crippen LogP contribution in [0.1, 0.15) is 34.1 Å². The molecule has 1 aliphatic carbocycles. The van der Waals surface area contributed by atoms with Crippen molar-refractivity contribution in [2.75, 3.05) is 0 Å². The van der Waals surface area contributed by atoms with Gasteiger partial charge < -0.3 is 0 Å². The van der Waals surface area contributed by atoms with Gasteiger partial charge in [0, 0.05) is 23.7 Å². The molecule has 94 valence electrons. The zero-order chi connectivity index (χ0) is 13.3. The van der Waals surface area contributed by atoms with E-state index in [9.17, 15) is 19.2 Å². The number of hydrogen-bond acceptors (Lipinski definition) is 4. The van der Waals surface area contributed by atoms with Crippen LogP contribution in [0.3, 0.4) is 0 Å². The van der Waals surface area contributed by atoms with Crippen molar-refractivity contribution in [1.29, 1.82) is 0 Å². The molecule has 0 N–H and O–H groups in total. The average Bonchev–Trinajstić information content (AvgIpc) is 2.56. The molecule has 4 unspecified atom stereocenters. The Morgan fingerprint density at radius 1 is 0.647 bits per heavy atom. The number of rotatable bonds is 4. The fourth-order valence-electron chi connectivity index (χ4n) is 2.98. The van der Waals surface area contributed by atoms with Gasteiger partial charge >= 0.3 is 0 Å². The quantitative estimate of drug-likeness (QED) is 0.738. The predicted molar refractivity (Wildman–Crippen MR) is 61.3 cm³/mol. The van der Waals surface area contributed by atoms with Crippen molar-refractivity contribution < 1.29 is 19.2 Å². The Hall–Kier alpha value is -1.32. The molecule has 4 heteroatoms. The van der Waals surface area contributed by atoms with Crippen molar-refractivity contribution in [1.82, 2.24) is 0 Å². The first-order chi connectivity index (χ1) is 7.77. The molecule has 4 atom stereocenters. The van der Waals surface area contributed by atoms with Gasteiger partial charge in [0.2, 0.25) is 0 Å². The minimum Gasteiger partial charge on any atom is -0.300 e. The first-order valence-electron chi connectivity index (χ1n) is 5.79. The van der Waals surface area contributed by atoms with Gasteiger partial charge in [-0.2, -0.15) is 0 Å². The first-order valence-corrected chi connectivity index (χ1v) is 5.79. The molecule has 0 aromatic carbocycles. The summed E-state index contributed by atoms with van der Waals surface area (Å²) in [4.78, 5) is 46.3. The van der Waals surface area contributed by atoms with Gasteiger partial charge in [0.15, 0.2) is 0 Å². The SMILES string of the molecule is CC(=O)C1CC(C(C)=O)C(C(C)=O)C1C(C)=O. The Labute approximate surface area is 101 Å². The topological polar surface area (TPSA) is 68.3 Å². The normalized spacial score (nSPS) is 32.2. The van der Waals surface area contributed by atoms with Gasteiger partial charge in [0.25, 0.3) is 0 Å². The lowest BCUT2D eigenvalue weighted by atomic mass is 9.80. The molecule has 1 rings (SSSR count). The molecule has 0 bridgehead atoms. The summed E-state index contributed by atoms with van der Waals surface area (Å²) in [5, 5.41) is 0.